The Bertz CT molecular complexity index is 1030. The van der Waals surface area contributed by atoms with Gasteiger partial charge in [-0.1, -0.05) is 30.3 Å². The van der Waals surface area contributed by atoms with Gasteiger partial charge in [0, 0.05) is 24.5 Å². The second-order valence-corrected chi connectivity index (χ2v) is 10.1. The molecule has 0 spiro atoms. The van der Waals surface area contributed by atoms with Crippen molar-refractivity contribution in [2.24, 2.45) is 5.73 Å². The van der Waals surface area contributed by atoms with Crippen LogP contribution in [-0.2, 0) is 19.5 Å². The van der Waals surface area contributed by atoms with E-state index < -0.39 is 5.91 Å². The van der Waals surface area contributed by atoms with E-state index in [9.17, 15) is 9.59 Å². The van der Waals surface area contributed by atoms with Gasteiger partial charge in [-0.05, 0) is 45.6 Å². The summed E-state index contributed by atoms with van der Waals surface area (Å²) in [7, 11) is 0. The highest BCUT2D eigenvalue weighted by atomic mass is 79.9. The number of hydrogen-bond acceptors (Lipinski definition) is 5. The van der Waals surface area contributed by atoms with E-state index in [-0.39, 0.29) is 5.91 Å². The molecule has 3 N–H and O–H groups in total. The molecule has 0 bridgehead atoms. The molecule has 3 heterocycles. The van der Waals surface area contributed by atoms with Gasteiger partial charge in [0.05, 0.1) is 14.2 Å². The number of halogens is 1. The largest absolute Gasteiger partial charge is 0.365 e. The molecular weight excluding hydrogens is 458 g/mol. The summed E-state index contributed by atoms with van der Waals surface area (Å²) in [5.41, 5.74) is 8.35. The molecule has 1 aromatic carbocycles. The summed E-state index contributed by atoms with van der Waals surface area (Å²) in [5, 5.41) is 3.44. The van der Waals surface area contributed by atoms with E-state index in [0.717, 1.165) is 40.3 Å². The molecular formula is C20H18BrN3O2S2. The summed E-state index contributed by atoms with van der Waals surface area (Å²) in [6, 6.07) is 13.9. The number of anilines is 1. The van der Waals surface area contributed by atoms with Crippen molar-refractivity contribution in [2.45, 2.75) is 19.5 Å². The van der Waals surface area contributed by atoms with Gasteiger partial charge in [-0.25, -0.2) is 0 Å². The number of nitrogens with one attached hydrogen (secondary N) is 1. The highest BCUT2D eigenvalue weighted by Crippen LogP contribution is 2.37. The number of fused-ring (bicyclic) bond motifs is 1. The van der Waals surface area contributed by atoms with Crippen molar-refractivity contribution in [1.29, 1.82) is 0 Å². The van der Waals surface area contributed by atoms with Crippen LogP contribution in [0, 0.1) is 0 Å². The third-order valence-corrected chi connectivity index (χ3v) is 7.41. The first kappa shape index (κ1) is 19.3. The van der Waals surface area contributed by atoms with Crippen molar-refractivity contribution in [1.82, 2.24) is 4.90 Å². The van der Waals surface area contributed by atoms with Gasteiger partial charge in [0.25, 0.3) is 11.8 Å². The van der Waals surface area contributed by atoms with Crippen molar-refractivity contribution >= 4 is 55.4 Å². The summed E-state index contributed by atoms with van der Waals surface area (Å²) >= 11 is 6.17. The van der Waals surface area contributed by atoms with Crippen molar-refractivity contribution in [2.75, 3.05) is 11.9 Å². The van der Waals surface area contributed by atoms with Crippen LogP contribution in [0.4, 0.5) is 5.00 Å². The number of carbonyl (C=O) groups excluding carboxylic acids is 2. The van der Waals surface area contributed by atoms with E-state index in [1.807, 2.05) is 24.3 Å². The lowest BCUT2D eigenvalue weighted by Crippen LogP contribution is -2.30. The molecule has 4 rings (SSSR count). The minimum absolute atomic E-state index is 0.224. The van der Waals surface area contributed by atoms with Gasteiger partial charge in [-0.2, -0.15) is 0 Å². The Kier molecular flexibility index (Phi) is 5.63. The first-order valence-electron chi connectivity index (χ1n) is 8.78. The maximum absolute atomic E-state index is 12.5. The minimum atomic E-state index is -0.489. The molecule has 1 aliphatic heterocycles. The zero-order valence-electron chi connectivity index (χ0n) is 14.9. The number of nitrogens with zero attached hydrogens (tertiary/aromatic N) is 1. The van der Waals surface area contributed by atoms with Crippen LogP contribution in [0.15, 0.2) is 46.3 Å². The molecule has 2 aromatic heterocycles. The van der Waals surface area contributed by atoms with Gasteiger partial charge in [-0.15, -0.1) is 22.7 Å². The Hall–Kier alpha value is -2.00. The predicted octanol–water partition coefficient (Wildman–Crippen LogP) is 4.48. The summed E-state index contributed by atoms with van der Waals surface area (Å²) in [4.78, 5) is 28.7. The Morgan fingerprint density at radius 2 is 1.93 bits per heavy atom. The zero-order valence-corrected chi connectivity index (χ0v) is 18.1. The number of thiophene rings is 2. The van der Waals surface area contributed by atoms with Crippen LogP contribution >= 0.6 is 38.6 Å². The highest BCUT2D eigenvalue weighted by Gasteiger charge is 2.28. The Morgan fingerprint density at radius 1 is 1.14 bits per heavy atom. The lowest BCUT2D eigenvalue weighted by Gasteiger charge is -2.27. The molecule has 0 aliphatic carbocycles. The SMILES string of the molecule is NC(=O)c1c(NC(=O)c2ccc(Br)s2)sc2c1CCN(Cc1ccccc1)C2. The second kappa shape index (κ2) is 8.16. The molecule has 5 nitrogen and oxygen atoms in total. The molecule has 0 atom stereocenters. The first-order valence-corrected chi connectivity index (χ1v) is 11.2. The van der Waals surface area contributed by atoms with Crippen LogP contribution in [0.3, 0.4) is 0 Å². The lowest BCUT2D eigenvalue weighted by molar-refractivity contribution is 0.0999. The number of amides is 2. The fraction of sp³-hybridized carbons (Fsp3) is 0.200. The third kappa shape index (κ3) is 4.05. The summed E-state index contributed by atoms with van der Waals surface area (Å²) in [6.45, 7) is 2.45. The van der Waals surface area contributed by atoms with Gasteiger partial charge in [-0.3, -0.25) is 14.5 Å². The van der Waals surface area contributed by atoms with E-state index >= 15 is 0 Å². The fourth-order valence-corrected chi connectivity index (χ4v) is 5.95. The van der Waals surface area contributed by atoms with E-state index in [2.05, 4.69) is 38.3 Å². The van der Waals surface area contributed by atoms with Crippen LogP contribution in [0.25, 0.3) is 0 Å². The number of primary amides is 1. The fourth-order valence-electron chi connectivity index (χ4n) is 3.38. The molecule has 0 unspecified atom stereocenters. The molecule has 1 aliphatic rings. The van der Waals surface area contributed by atoms with Gasteiger partial charge < -0.3 is 11.1 Å². The molecule has 0 saturated carbocycles. The average Bonchev–Trinajstić information content (AvgIpc) is 3.25. The minimum Gasteiger partial charge on any atom is -0.365 e. The van der Waals surface area contributed by atoms with Crippen molar-refractivity contribution < 1.29 is 9.59 Å². The smallest absolute Gasteiger partial charge is 0.266 e. The van der Waals surface area contributed by atoms with Gasteiger partial charge in [0.1, 0.15) is 5.00 Å². The molecule has 144 valence electrons. The normalized spacial score (nSPS) is 13.9. The molecule has 0 fully saturated rings. The second-order valence-electron chi connectivity index (χ2n) is 6.58. The van der Waals surface area contributed by atoms with E-state index in [4.69, 9.17) is 5.73 Å². The monoisotopic (exact) mass is 475 g/mol. The standard InChI is InChI=1S/C20H18BrN3O2S2/c21-16-7-6-14(27-16)19(26)23-20-17(18(22)25)13-8-9-24(11-15(13)28-20)10-12-4-2-1-3-5-12/h1-7H,8-11H2,(H2,22,25)(H,23,26). The quantitative estimate of drug-likeness (QED) is 0.570. The van der Waals surface area contributed by atoms with Gasteiger partial charge >= 0.3 is 0 Å². The summed E-state index contributed by atoms with van der Waals surface area (Å²) in [6.07, 6.45) is 0.747. The van der Waals surface area contributed by atoms with E-state index in [1.165, 1.54) is 28.2 Å². The number of hydrogen-bond donors (Lipinski definition) is 2. The number of carbonyl (C=O) groups is 2. The molecule has 8 heteroatoms. The summed E-state index contributed by atoms with van der Waals surface area (Å²) in [5.74, 6) is -0.713. The predicted molar refractivity (Wildman–Crippen MR) is 117 cm³/mol. The van der Waals surface area contributed by atoms with Gasteiger partial charge in [0.2, 0.25) is 0 Å². The summed E-state index contributed by atoms with van der Waals surface area (Å²) < 4.78 is 0.884. The third-order valence-electron chi connectivity index (χ3n) is 4.66. The molecule has 3 aromatic rings. The maximum Gasteiger partial charge on any atom is 0.266 e. The molecule has 0 radical (unpaired) electrons. The Morgan fingerprint density at radius 3 is 2.61 bits per heavy atom. The van der Waals surface area contributed by atoms with E-state index in [0.29, 0.717) is 15.4 Å². The van der Waals surface area contributed by atoms with Gasteiger partial charge in [0.15, 0.2) is 0 Å². The molecule has 28 heavy (non-hydrogen) atoms. The topological polar surface area (TPSA) is 75.4 Å². The Labute approximate surface area is 179 Å². The van der Waals surface area contributed by atoms with Crippen LogP contribution < -0.4 is 11.1 Å². The zero-order chi connectivity index (χ0) is 19.7. The number of rotatable bonds is 5. The number of benzene rings is 1. The van der Waals surface area contributed by atoms with Crippen molar-refractivity contribution in [3.8, 4) is 0 Å². The molecule has 2 amide bonds. The van der Waals surface area contributed by atoms with Crippen molar-refractivity contribution in [3.63, 3.8) is 0 Å². The van der Waals surface area contributed by atoms with Crippen LogP contribution in [0.1, 0.15) is 36.0 Å². The van der Waals surface area contributed by atoms with Crippen LogP contribution in [0.5, 0.6) is 0 Å². The number of nitrogens with two attached hydrogens (primary N) is 1. The first-order chi connectivity index (χ1) is 13.5. The highest BCUT2D eigenvalue weighted by molar-refractivity contribution is 9.11. The van der Waals surface area contributed by atoms with E-state index in [1.54, 1.807) is 6.07 Å². The average molecular weight is 476 g/mol. The van der Waals surface area contributed by atoms with Crippen LogP contribution in [0.2, 0.25) is 0 Å². The maximum atomic E-state index is 12.5. The lowest BCUT2D eigenvalue weighted by atomic mass is 10.0. The Balaban J connectivity index is 1.56. The van der Waals surface area contributed by atoms with Crippen molar-refractivity contribution in [3.05, 3.63) is 72.7 Å². The van der Waals surface area contributed by atoms with Crippen LogP contribution in [-0.4, -0.2) is 23.3 Å². The molecule has 0 saturated heterocycles.